The topological polar surface area (TPSA) is 84.1 Å². The molecule has 1 aliphatic heterocycles. The molecule has 0 bridgehead atoms. The van der Waals surface area contributed by atoms with Gasteiger partial charge in [-0.05, 0) is 41.5 Å². The summed E-state index contributed by atoms with van der Waals surface area (Å²) in [6.45, 7) is 0. The summed E-state index contributed by atoms with van der Waals surface area (Å²) < 4.78 is 5.93. The number of thiocarbonyl (C=S) groups is 1. The van der Waals surface area contributed by atoms with Gasteiger partial charge >= 0.3 is 0 Å². The van der Waals surface area contributed by atoms with Crippen LogP contribution in [0.3, 0.4) is 0 Å². The van der Waals surface area contributed by atoms with Gasteiger partial charge in [-0.3, -0.25) is 9.59 Å². The van der Waals surface area contributed by atoms with Gasteiger partial charge in [-0.25, -0.2) is 4.98 Å². The van der Waals surface area contributed by atoms with E-state index in [1.807, 2.05) is 30.3 Å². The van der Waals surface area contributed by atoms with Gasteiger partial charge < -0.3 is 15.0 Å². The van der Waals surface area contributed by atoms with Crippen molar-refractivity contribution in [3.63, 3.8) is 0 Å². The number of benzene rings is 2. The lowest BCUT2D eigenvalue weighted by Gasteiger charge is -2.10. The molecule has 0 aliphatic carbocycles. The van der Waals surface area contributed by atoms with Crippen LogP contribution in [-0.2, 0) is 4.79 Å². The Balaban J connectivity index is 1.82. The zero-order chi connectivity index (χ0) is 19.0. The first-order chi connectivity index (χ1) is 13.0. The Morgan fingerprint density at radius 2 is 2.04 bits per heavy atom. The van der Waals surface area contributed by atoms with E-state index in [0.717, 1.165) is 16.7 Å². The minimum absolute atomic E-state index is 0.183. The number of amides is 1. The number of hydrogen-bond donors (Lipinski definition) is 2. The number of rotatable bonds is 3. The fourth-order valence-corrected chi connectivity index (χ4v) is 3.89. The van der Waals surface area contributed by atoms with E-state index >= 15 is 0 Å². The van der Waals surface area contributed by atoms with E-state index in [9.17, 15) is 9.59 Å². The number of fused-ring (bicyclic) bond motifs is 1. The Kier molecular flexibility index (Phi) is 4.51. The zero-order valence-corrected chi connectivity index (χ0v) is 15.7. The van der Waals surface area contributed by atoms with Crippen LogP contribution in [0.5, 0.6) is 5.75 Å². The number of H-pyrrole nitrogens is 1. The number of nitrogens with one attached hydrogen (secondary N) is 2. The van der Waals surface area contributed by atoms with Crippen LogP contribution in [0.1, 0.15) is 5.56 Å². The number of aromatic amines is 1. The second-order valence-corrected chi connectivity index (χ2v) is 7.49. The smallest absolute Gasteiger partial charge is 0.263 e. The predicted octanol–water partition coefficient (Wildman–Crippen LogP) is 3.09. The highest BCUT2D eigenvalue weighted by Crippen LogP contribution is 2.34. The lowest BCUT2D eigenvalue weighted by Crippen LogP contribution is -2.17. The maximum absolute atomic E-state index is 11.9. The summed E-state index contributed by atoms with van der Waals surface area (Å²) in [5, 5.41) is 3.12. The van der Waals surface area contributed by atoms with E-state index in [1.165, 1.54) is 18.1 Å². The molecule has 2 N–H and O–H groups in total. The highest BCUT2D eigenvalue weighted by molar-refractivity contribution is 8.26. The Morgan fingerprint density at radius 3 is 2.78 bits per heavy atom. The van der Waals surface area contributed by atoms with E-state index in [0.29, 0.717) is 25.9 Å². The highest BCUT2D eigenvalue weighted by atomic mass is 32.2. The molecule has 0 unspecified atom stereocenters. The first-order valence-corrected chi connectivity index (χ1v) is 9.18. The average molecular weight is 395 g/mol. The van der Waals surface area contributed by atoms with Gasteiger partial charge in [0.15, 0.2) is 0 Å². The van der Waals surface area contributed by atoms with Gasteiger partial charge in [0.1, 0.15) is 10.1 Å². The quantitative estimate of drug-likeness (QED) is 0.524. The molecule has 1 aromatic heterocycles. The second-order valence-electron chi connectivity index (χ2n) is 5.78. The summed E-state index contributed by atoms with van der Waals surface area (Å²) in [6.07, 6.45) is 3.16. The van der Waals surface area contributed by atoms with Crippen molar-refractivity contribution in [1.82, 2.24) is 15.3 Å². The molecule has 134 valence electrons. The van der Waals surface area contributed by atoms with E-state index in [2.05, 4.69) is 15.3 Å². The maximum Gasteiger partial charge on any atom is 0.263 e. The Morgan fingerprint density at radius 1 is 1.19 bits per heavy atom. The summed E-state index contributed by atoms with van der Waals surface area (Å²) in [5.41, 5.74) is 2.95. The first kappa shape index (κ1) is 17.4. The summed E-state index contributed by atoms with van der Waals surface area (Å²) >= 11 is 6.26. The van der Waals surface area contributed by atoms with E-state index in [-0.39, 0.29) is 11.5 Å². The number of aromatic nitrogens is 2. The van der Waals surface area contributed by atoms with Crippen molar-refractivity contribution in [1.29, 1.82) is 0 Å². The second kappa shape index (κ2) is 6.98. The molecule has 0 saturated carbocycles. The van der Waals surface area contributed by atoms with Gasteiger partial charge in [0, 0.05) is 5.56 Å². The van der Waals surface area contributed by atoms with Crippen LogP contribution in [0.25, 0.3) is 28.1 Å². The molecule has 1 aliphatic rings. The Hall–Kier alpha value is -2.97. The lowest BCUT2D eigenvalue weighted by atomic mass is 10.0. The van der Waals surface area contributed by atoms with Crippen LogP contribution >= 0.6 is 24.0 Å². The van der Waals surface area contributed by atoms with Crippen molar-refractivity contribution in [2.45, 2.75) is 0 Å². The van der Waals surface area contributed by atoms with Crippen molar-refractivity contribution in [3.05, 3.63) is 63.5 Å². The molecule has 27 heavy (non-hydrogen) atoms. The molecular formula is C19H13N3O3S2. The molecule has 2 aromatic carbocycles. The number of carbonyl (C=O) groups excluding carboxylic acids is 1. The minimum atomic E-state index is -0.198. The van der Waals surface area contributed by atoms with E-state index in [1.54, 1.807) is 19.3 Å². The van der Waals surface area contributed by atoms with Crippen LogP contribution in [0.2, 0.25) is 0 Å². The first-order valence-electron chi connectivity index (χ1n) is 7.96. The summed E-state index contributed by atoms with van der Waals surface area (Å²) in [7, 11) is 1.60. The fraction of sp³-hybridized carbons (Fsp3) is 0.0526. The van der Waals surface area contributed by atoms with Gasteiger partial charge in [-0.15, -0.1) is 0 Å². The monoisotopic (exact) mass is 395 g/mol. The number of nitrogens with zero attached hydrogens (tertiary/aromatic N) is 1. The van der Waals surface area contributed by atoms with Gasteiger partial charge in [0.05, 0.1) is 29.2 Å². The third-order valence-corrected chi connectivity index (χ3v) is 5.28. The maximum atomic E-state index is 11.9. The molecule has 4 rings (SSSR count). The lowest BCUT2D eigenvalue weighted by molar-refractivity contribution is -0.115. The van der Waals surface area contributed by atoms with E-state index < -0.39 is 0 Å². The van der Waals surface area contributed by atoms with Gasteiger partial charge in [0.25, 0.3) is 11.5 Å². The zero-order valence-electron chi connectivity index (χ0n) is 14.1. The average Bonchev–Trinajstić information content (AvgIpc) is 2.98. The van der Waals surface area contributed by atoms with Crippen LogP contribution in [0.15, 0.2) is 52.4 Å². The predicted molar refractivity (Wildman–Crippen MR) is 111 cm³/mol. The summed E-state index contributed by atoms with van der Waals surface area (Å²) in [6, 6.07) is 11.1. The third-order valence-electron chi connectivity index (χ3n) is 4.12. The van der Waals surface area contributed by atoms with Crippen LogP contribution in [-0.4, -0.2) is 27.3 Å². The summed E-state index contributed by atoms with van der Waals surface area (Å²) in [5.74, 6) is 0.483. The van der Waals surface area contributed by atoms with Crippen LogP contribution in [0.4, 0.5) is 0 Å². The summed E-state index contributed by atoms with van der Waals surface area (Å²) in [4.78, 5) is 31.1. The molecule has 0 radical (unpaired) electrons. The Bertz CT molecular complexity index is 1180. The van der Waals surface area contributed by atoms with E-state index in [4.69, 9.17) is 17.0 Å². The molecule has 8 heteroatoms. The number of methoxy groups -OCH3 is 1. The van der Waals surface area contributed by atoms with Gasteiger partial charge in [-0.1, -0.05) is 36.1 Å². The number of ether oxygens (including phenoxy) is 1. The van der Waals surface area contributed by atoms with Crippen molar-refractivity contribution in [2.24, 2.45) is 0 Å². The SMILES string of the molecule is COc1ccc(/C=C2\SC(=S)NC2=O)cc1-c1ccc2c(=O)[nH]cnc2c1. The molecule has 6 nitrogen and oxygen atoms in total. The number of carbonyl (C=O) groups is 1. The molecular weight excluding hydrogens is 382 g/mol. The van der Waals surface area contributed by atoms with Crippen LogP contribution < -0.4 is 15.6 Å². The third kappa shape index (κ3) is 3.36. The van der Waals surface area contributed by atoms with Gasteiger partial charge in [0.2, 0.25) is 0 Å². The highest BCUT2D eigenvalue weighted by Gasteiger charge is 2.22. The van der Waals surface area contributed by atoms with Crippen molar-refractivity contribution < 1.29 is 9.53 Å². The molecule has 1 amide bonds. The minimum Gasteiger partial charge on any atom is -0.496 e. The molecule has 3 aromatic rings. The molecule has 0 atom stereocenters. The van der Waals surface area contributed by atoms with Gasteiger partial charge in [-0.2, -0.15) is 0 Å². The standard InChI is InChI=1S/C19H13N3O3S2/c1-25-15-5-2-10(7-16-18(24)22-19(26)27-16)6-13(15)11-3-4-12-14(8-11)20-9-21-17(12)23/h2-9H,1H3,(H,20,21,23)(H,22,24,26)/b16-7-. The largest absolute Gasteiger partial charge is 0.496 e. The molecule has 2 heterocycles. The number of thioether (sulfide) groups is 1. The van der Waals surface area contributed by atoms with Crippen LogP contribution in [0, 0.1) is 0 Å². The number of hydrogen-bond acceptors (Lipinski definition) is 6. The van der Waals surface area contributed by atoms with Crippen molar-refractivity contribution in [3.8, 4) is 16.9 Å². The fourth-order valence-electron chi connectivity index (χ4n) is 2.85. The van der Waals surface area contributed by atoms with Crippen molar-refractivity contribution >= 4 is 51.2 Å². The molecule has 0 spiro atoms. The normalized spacial score (nSPS) is 15.4. The van der Waals surface area contributed by atoms with Crippen molar-refractivity contribution in [2.75, 3.05) is 7.11 Å². The Labute approximate surface area is 163 Å². The molecule has 1 saturated heterocycles. The molecule has 1 fully saturated rings.